The third kappa shape index (κ3) is 4.01. The number of benzene rings is 1. The van der Waals surface area contributed by atoms with E-state index in [0.29, 0.717) is 17.2 Å². The van der Waals surface area contributed by atoms with E-state index in [1.54, 1.807) is 26.4 Å². The van der Waals surface area contributed by atoms with Gasteiger partial charge in [0, 0.05) is 0 Å². The number of primary amides is 1. The van der Waals surface area contributed by atoms with Crippen molar-refractivity contribution >= 4 is 5.91 Å². The van der Waals surface area contributed by atoms with Crippen LogP contribution in [0.5, 0.6) is 17.2 Å². The summed E-state index contributed by atoms with van der Waals surface area (Å²) in [7, 11) is 4.63. The summed E-state index contributed by atoms with van der Waals surface area (Å²) in [5.41, 5.74) is 8.55. The van der Waals surface area contributed by atoms with Gasteiger partial charge >= 0.3 is 0 Å². The number of nitrogens with one attached hydrogen (secondary N) is 1. The van der Waals surface area contributed by atoms with Crippen LogP contribution in [0.3, 0.4) is 0 Å². The van der Waals surface area contributed by atoms with E-state index in [0.717, 1.165) is 5.56 Å². The van der Waals surface area contributed by atoms with Crippen LogP contribution >= 0.6 is 0 Å². The number of hydrogen-bond acceptors (Lipinski definition) is 6. The Balaban J connectivity index is 2.91. The van der Waals surface area contributed by atoms with Crippen LogP contribution < -0.4 is 25.4 Å². The molecule has 7 heteroatoms. The molecule has 0 aromatic heterocycles. The molecule has 1 amide bonds. The van der Waals surface area contributed by atoms with Crippen molar-refractivity contribution in [1.29, 1.82) is 0 Å². The molecule has 0 saturated heterocycles. The highest BCUT2D eigenvalue weighted by Gasteiger charge is 2.16. The zero-order valence-corrected chi connectivity index (χ0v) is 12.1. The van der Waals surface area contributed by atoms with Crippen LogP contribution in [0.2, 0.25) is 0 Å². The summed E-state index contributed by atoms with van der Waals surface area (Å²) in [6, 6.07) is 3.40. The molecule has 1 atom stereocenters. The Bertz CT molecular complexity index is 439. The van der Waals surface area contributed by atoms with Crippen LogP contribution in [-0.4, -0.2) is 33.8 Å². The Morgan fingerprint density at radius 3 is 2.15 bits per heavy atom. The van der Waals surface area contributed by atoms with Crippen LogP contribution in [0.4, 0.5) is 0 Å². The fourth-order valence-electron chi connectivity index (χ4n) is 1.66. The van der Waals surface area contributed by atoms with Crippen LogP contribution in [0.1, 0.15) is 18.5 Å². The van der Waals surface area contributed by atoms with Crippen molar-refractivity contribution in [3.05, 3.63) is 17.7 Å². The highest BCUT2D eigenvalue weighted by atomic mass is 16.6. The predicted octanol–water partition coefficient (Wildman–Crippen LogP) is 0.780. The standard InChI is InChI=1S/C13H20N2O5/c1-8(15-20-7-12(14)16)9-5-10(17-2)13(19-4)11(6-9)18-3/h5-6,8,15H,7H2,1-4H3,(H2,14,16). The van der Waals surface area contributed by atoms with Crippen molar-refractivity contribution in [2.45, 2.75) is 13.0 Å². The van der Waals surface area contributed by atoms with Gasteiger partial charge in [0.1, 0.15) is 6.61 Å². The highest BCUT2D eigenvalue weighted by molar-refractivity contribution is 5.74. The molecule has 0 aliphatic carbocycles. The van der Waals surface area contributed by atoms with E-state index in [-0.39, 0.29) is 12.6 Å². The van der Waals surface area contributed by atoms with E-state index >= 15 is 0 Å². The second-order valence-corrected chi connectivity index (χ2v) is 4.05. The Morgan fingerprint density at radius 1 is 1.20 bits per heavy atom. The van der Waals surface area contributed by atoms with Crippen molar-refractivity contribution in [3.8, 4) is 17.2 Å². The molecule has 0 bridgehead atoms. The van der Waals surface area contributed by atoms with Gasteiger partial charge in [0.25, 0.3) is 0 Å². The number of amides is 1. The van der Waals surface area contributed by atoms with Gasteiger partial charge in [-0.15, -0.1) is 0 Å². The Hall–Kier alpha value is -1.99. The lowest BCUT2D eigenvalue weighted by Gasteiger charge is -2.18. The first kappa shape index (κ1) is 16.1. The minimum absolute atomic E-state index is 0.192. The molecule has 1 aromatic carbocycles. The highest BCUT2D eigenvalue weighted by Crippen LogP contribution is 2.39. The van der Waals surface area contributed by atoms with Crippen LogP contribution in [0.25, 0.3) is 0 Å². The van der Waals surface area contributed by atoms with E-state index in [2.05, 4.69) is 5.48 Å². The van der Waals surface area contributed by atoms with E-state index < -0.39 is 5.91 Å². The van der Waals surface area contributed by atoms with Gasteiger partial charge < -0.3 is 19.9 Å². The quantitative estimate of drug-likeness (QED) is 0.685. The lowest BCUT2D eigenvalue weighted by Crippen LogP contribution is -2.26. The van der Waals surface area contributed by atoms with Crippen molar-refractivity contribution in [2.24, 2.45) is 5.73 Å². The van der Waals surface area contributed by atoms with Gasteiger partial charge in [-0.2, -0.15) is 5.48 Å². The predicted molar refractivity (Wildman–Crippen MR) is 72.8 cm³/mol. The molecule has 0 aliphatic rings. The summed E-state index contributed by atoms with van der Waals surface area (Å²) in [6.45, 7) is 1.66. The molecule has 3 N–H and O–H groups in total. The fourth-order valence-corrected chi connectivity index (χ4v) is 1.66. The van der Waals surface area contributed by atoms with Crippen LogP contribution in [0, 0.1) is 0 Å². The zero-order chi connectivity index (χ0) is 15.1. The first-order chi connectivity index (χ1) is 9.53. The van der Waals surface area contributed by atoms with Gasteiger partial charge in [0.15, 0.2) is 11.5 Å². The molecule has 0 fully saturated rings. The van der Waals surface area contributed by atoms with Gasteiger partial charge in [0.05, 0.1) is 27.4 Å². The summed E-state index contributed by atoms with van der Waals surface area (Å²) >= 11 is 0. The fraction of sp³-hybridized carbons (Fsp3) is 0.462. The lowest BCUT2D eigenvalue weighted by molar-refractivity contribution is -0.126. The number of methoxy groups -OCH3 is 3. The number of hydroxylamine groups is 1. The Morgan fingerprint density at radius 2 is 1.75 bits per heavy atom. The lowest BCUT2D eigenvalue weighted by atomic mass is 10.1. The molecular formula is C13H20N2O5. The molecule has 20 heavy (non-hydrogen) atoms. The molecule has 7 nitrogen and oxygen atoms in total. The van der Waals surface area contributed by atoms with E-state index in [4.69, 9.17) is 24.8 Å². The Kier molecular flexibility index (Phi) is 6.08. The summed E-state index contributed by atoms with van der Waals surface area (Å²) in [5, 5.41) is 0. The number of nitrogens with two attached hydrogens (primary N) is 1. The topological polar surface area (TPSA) is 92.0 Å². The summed E-state index contributed by atoms with van der Waals surface area (Å²) in [5.74, 6) is 1.06. The number of hydrogen-bond donors (Lipinski definition) is 2. The first-order valence-corrected chi connectivity index (χ1v) is 5.99. The third-order valence-corrected chi connectivity index (χ3v) is 2.66. The van der Waals surface area contributed by atoms with Gasteiger partial charge in [-0.05, 0) is 24.6 Å². The van der Waals surface area contributed by atoms with Crippen molar-refractivity contribution in [3.63, 3.8) is 0 Å². The molecule has 0 radical (unpaired) electrons. The summed E-state index contributed by atoms with van der Waals surface area (Å²) < 4.78 is 15.8. The molecule has 1 unspecified atom stereocenters. The molecule has 0 spiro atoms. The second-order valence-electron chi connectivity index (χ2n) is 4.05. The SMILES string of the molecule is COc1cc(C(C)NOCC(N)=O)cc(OC)c1OC. The summed E-state index contributed by atoms with van der Waals surface area (Å²) in [6.07, 6.45) is 0. The molecule has 0 heterocycles. The van der Waals surface area contributed by atoms with Crippen molar-refractivity contribution in [1.82, 2.24) is 5.48 Å². The molecule has 1 rings (SSSR count). The average molecular weight is 284 g/mol. The molecule has 0 saturated carbocycles. The second kappa shape index (κ2) is 7.56. The third-order valence-electron chi connectivity index (χ3n) is 2.66. The van der Waals surface area contributed by atoms with Crippen molar-refractivity contribution < 1.29 is 23.8 Å². The van der Waals surface area contributed by atoms with Crippen LogP contribution in [-0.2, 0) is 9.63 Å². The molecular weight excluding hydrogens is 264 g/mol. The molecule has 1 aromatic rings. The molecule has 0 aliphatic heterocycles. The van der Waals surface area contributed by atoms with E-state index in [1.807, 2.05) is 6.92 Å². The zero-order valence-electron chi connectivity index (χ0n) is 12.1. The van der Waals surface area contributed by atoms with E-state index in [9.17, 15) is 4.79 Å². The maximum atomic E-state index is 10.6. The van der Waals surface area contributed by atoms with Crippen molar-refractivity contribution in [2.75, 3.05) is 27.9 Å². The smallest absolute Gasteiger partial charge is 0.245 e. The normalized spacial score (nSPS) is 11.8. The Labute approximate surface area is 117 Å². The maximum absolute atomic E-state index is 10.6. The van der Waals surface area contributed by atoms with Gasteiger partial charge in [0.2, 0.25) is 11.7 Å². The van der Waals surface area contributed by atoms with Gasteiger partial charge in [-0.1, -0.05) is 0 Å². The monoisotopic (exact) mass is 284 g/mol. The molecule has 112 valence electrons. The number of ether oxygens (including phenoxy) is 3. The maximum Gasteiger partial charge on any atom is 0.245 e. The average Bonchev–Trinajstić information content (AvgIpc) is 2.44. The minimum Gasteiger partial charge on any atom is -0.493 e. The first-order valence-electron chi connectivity index (χ1n) is 5.99. The van der Waals surface area contributed by atoms with Crippen LogP contribution in [0.15, 0.2) is 12.1 Å². The number of rotatable bonds is 8. The minimum atomic E-state index is -0.547. The van der Waals surface area contributed by atoms with Gasteiger partial charge in [-0.3, -0.25) is 9.63 Å². The number of carbonyl (C=O) groups is 1. The van der Waals surface area contributed by atoms with E-state index in [1.165, 1.54) is 7.11 Å². The number of carbonyl (C=O) groups excluding carboxylic acids is 1. The van der Waals surface area contributed by atoms with Gasteiger partial charge in [-0.25, -0.2) is 0 Å². The largest absolute Gasteiger partial charge is 0.493 e. The summed E-state index contributed by atoms with van der Waals surface area (Å²) in [4.78, 5) is 15.6.